The smallest absolute Gasteiger partial charge is 0.229 e. The quantitative estimate of drug-likeness (QED) is 0.626. The lowest BCUT2D eigenvalue weighted by atomic mass is 9.99. The number of aryl methyl sites for hydroxylation is 1. The predicted molar refractivity (Wildman–Crippen MR) is 92.7 cm³/mol. The molecular formula is C18H22O6S. The molecule has 4 N–H and O–H groups in total. The lowest BCUT2D eigenvalue weighted by Gasteiger charge is -2.39. The number of rotatable bonds is 5. The van der Waals surface area contributed by atoms with E-state index in [4.69, 9.17) is 9.47 Å². The van der Waals surface area contributed by atoms with Crippen LogP contribution in [0.2, 0.25) is 0 Å². The number of benzene rings is 1. The van der Waals surface area contributed by atoms with Crippen molar-refractivity contribution in [2.45, 2.75) is 44.1 Å². The molecule has 1 aromatic heterocycles. The molecule has 1 fully saturated rings. The topological polar surface area (TPSA) is 99.4 Å². The summed E-state index contributed by atoms with van der Waals surface area (Å²) in [4.78, 5) is 0.959. The minimum absolute atomic E-state index is 0.481. The van der Waals surface area contributed by atoms with Gasteiger partial charge in [-0.1, -0.05) is 29.8 Å². The van der Waals surface area contributed by atoms with E-state index in [1.165, 1.54) is 16.9 Å². The fraction of sp³-hybridized carbons (Fsp3) is 0.444. The van der Waals surface area contributed by atoms with E-state index in [-0.39, 0.29) is 0 Å². The average molecular weight is 366 g/mol. The first-order valence-electron chi connectivity index (χ1n) is 8.08. The van der Waals surface area contributed by atoms with Gasteiger partial charge in [0.15, 0.2) is 0 Å². The summed E-state index contributed by atoms with van der Waals surface area (Å²) in [5, 5.41) is 40.9. The van der Waals surface area contributed by atoms with Gasteiger partial charge in [-0.05, 0) is 23.9 Å². The van der Waals surface area contributed by atoms with Crippen molar-refractivity contribution in [1.29, 1.82) is 0 Å². The van der Waals surface area contributed by atoms with Gasteiger partial charge in [0, 0.05) is 6.42 Å². The molecule has 2 aromatic rings. The molecule has 1 aromatic carbocycles. The van der Waals surface area contributed by atoms with Crippen molar-refractivity contribution in [1.82, 2.24) is 0 Å². The molecule has 0 unspecified atom stereocenters. The molecule has 6 nitrogen and oxygen atoms in total. The zero-order valence-electron chi connectivity index (χ0n) is 13.8. The van der Waals surface area contributed by atoms with Gasteiger partial charge in [0.2, 0.25) is 6.29 Å². The normalized spacial score (nSPS) is 29.6. The van der Waals surface area contributed by atoms with Gasteiger partial charge < -0.3 is 29.9 Å². The maximum Gasteiger partial charge on any atom is 0.229 e. The van der Waals surface area contributed by atoms with Gasteiger partial charge in [-0.25, -0.2) is 0 Å². The highest BCUT2D eigenvalue weighted by atomic mass is 32.1. The third kappa shape index (κ3) is 4.03. The van der Waals surface area contributed by atoms with Crippen molar-refractivity contribution in [2.75, 3.05) is 6.61 Å². The Morgan fingerprint density at radius 1 is 1.04 bits per heavy atom. The summed E-state index contributed by atoms with van der Waals surface area (Å²) in [5.74, 6) is 0.551. The SMILES string of the molecule is Cc1ccc(Cc2sccc2O[C@@H]2O[C@H](CO)[C@@H](O)[C@H](O)[C@H]2O)cc1. The second-order valence-electron chi connectivity index (χ2n) is 6.19. The Bertz CT molecular complexity index is 683. The molecule has 0 radical (unpaired) electrons. The lowest BCUT2D eigenvalue weighted by Crippen LogP contribution is -2.60. The average Bonchev–Trinajstić information content (AvgIpc) is 3.04. The first kappa shape index (κ1) is 18.3. The highest BCUT2D eigenvalue weighted by Crippen LogP contribution is 2.31. The minimum Gasteiger partial charge on any atom is -0.461 e. The molecular weight excluding hydrogens is 344 g/mol. The lowest BCUT2D eigenvalue weighted by molar-refractivity contribution is -0.277. The predicted octanol–water partition coefficient (Wildman–Crippen LogP) is 0.826. The van der Waals surface area contributed by atoms with E-state index in [0.717, 1.165) is 10.4 Å². The fourth-order valence-corrected chi connectivity index (χ4v) is 3.58. The summed E-state index contributed by atoms with van der Waals surface area (Å²) in [5.41, 5.74) is 2.32. The van der Waals surface area contributed by atoms with Crippen LogP contribution in [0.3, 0.4) is 0 Å². The molecule has 0 amide bonds. The number of hydrogen-bond acceptors (Lipinski definition) is 7. The van der Waals surface area contributed by atoms with Crippen molar-refractivity contribution in [2.24, 2.45) is 0 Å². The fourth-order valence-electron chi connectivity index (χ4n) is 2.74. The molecule has 25 heavy (non-hydrogen) atoms. The van der Waals surface area contributed by atoms with Gasteiger partial charge in [-0.2, -0.15) is 0 Å². The first-order valence-corrected chi connectivity index (χ1v) is 8.96. The monoisotopic (exact) mass is 366 g/mol. The van der Waals surface area contributed by atoms with Crippen molar-refractivity contribution in [3.8, 4) is 5.75 Å². The minimum atomic E-state index is -1.45. The molecule has 1 saturated heterocycles. The van der Waals surface area contributed by atoms with Gasteiger partial charge in [-0.15, -0.1) is 11.3 Å². The Kier molecular flexibility index (Phi) is 5.73. The number of thiophene rings is 1. The van der Waals surface area contributed by atoms with Gasteiger partial charge in [0.05, 0.1) is 11.5 Å². The largest absolute Gasteiger partial charge is 0.461 e. The number of aliphatic hydroxyl groups is 4. The molecule has 3 rings (SSSR count). The van der Waals surface area contributed by atoms with Crippen molar-refractivity contribution in [3.63, 3.8) is 0 Å². The van der Waals surface area contributed by atoms with Crippen molar-refractivity contribution >= 4 is 11.3 Å². The highest BCUT2D eigenvalue weighted by molar-refractivity contribution is 7.10. The summed E-state index contributed by atoms with van der Waals surface area (Å²) in [6.07, 6.45) is -5.73. The van der Waals surface area contributed by atoms with E-state index in [0.29, 0.717) is 12.2 Å². The van der Waals surface area contributed by atoms with Gasteiger partial charge in [-0.3, -0.25) is 0 Å². The summed E-state index contributed by atoms with van der Waals surface area (Å²) >= 11 is 1.52. The summed E-state index contributed by atoms with van der Waals surface area (Å²) in [6.45, 7) is 1.55. The second-order valence-corrected chi connectivity index (χ2v) is 7.19. The molecule has 1 aliphatic rings. The zero-order valence-corrected chi connectivity index (χ0v) is 14.6. The van der Waals surface area contributed by atoms with Crippen LogP contribution in [0.1, 0.15) is 16.0 Å². The number of hydrogen-bond donors (Lipinski definition) is 4. The molecule has 0 saturated carbocycles. The van der Waals surface area contributed by atoms with Crippen molar-refractivity contribution in [3.05, 3.63) is 51.7 Å². The number of ether oxygens (including phenoxy) is 2. The van der Waals surface area contributed by atoms with Crippen LogP contribution in [0.15, 0.2) is 35.7 Å². The van der Waals surface area contributed by atoms with E-state index >= 15 is 0 Å². The molecule has 136 valence electrons. The van der Waals surface area contributed by atoms with Gasteiger partial charge in [0.25, 0.3) is 0 Å². The molecule has 0 aliphatic carbocycles. The Labute approximate surface area is 149 Å². The molecule has 5 atom stereocenters. The number of aliphatic hydroxyl groups excluding tert-OH is 4. The van der Waals surface area contributed by atoms with Crippen LogP contribution in [-0.4, -0.2) is 57.7 Å². The third-order valence-corrected chi connectivity index (χ3v) is 5.18. The van der Waals surface area contributed by atoms with Crippen LogP contribution in [0, 0.1) is 6.92 Å². The zero-order chi connectivity index (χ0) is 18.0. The molecule has 0 spiro atoms. The maximum absolute atomic E-state index is 10.1. The van der Waals surface area contributed by atoms with Gasteiger partial charge >= 0.3 is 0 Å². The van der Waals surface area contributed by atoms with Crippen LogP contribution in [0.4, 0.5) is 0 Å². The van der Waals surface area contributed by atoms with E-state index in [1.807, 2.05) is 36.6 Å². The van der Waals surface area contributed by atoms with Crippen LogP contribution < -0.4 is 4.74 Å². The Balaban J connectivity index is 1.73. The summed E-state index contributed by atoms with van der Waals surface area (Å²) in [6, 6.07) is 9.96. The molecule has 7 heteroatoms. The molecule has 1 aliphatic heterocycles. The van der Waals surface area contributed by atoms with E-state index in [9.17, 15) is 20.4 Å². The highest BCUT2D eigenvalue weighted by Gasteiger charge is 2.44. The van der Waals surface area contributed by atoms with Crippen LogP contribution >= 0.6 is 11.3 Å². The Morgan fingerprint density at radius 2 is 1.76 bits per heavy atom. The molecule has 2 heterocycles. The maximum atomic E-state index is 10.1. The van der Waals surface area contributed by atoms with Gasteiger partial charge in [0.1, 0.15) is 30.2 Å². The van der Waals surface area contributed by atoms with E-state index in [1.54, 1.807) is 6.07 Å². The van der Waals surface area contributed by atoms with Crippen LogP contribution in [-0.2, 0) is 11.2 Å². The van der Waals surface area contributed by atoms with E-state index < -0.39 is 37.3 Å². The Morgan fingerprint density at radius 3 is 2.44 bits per heavy atom. The second kappa shape index (κ2) is 7.82. The first-order chi connectivity index (χ1) is 12.0. The van der Waals surface area contributed by atoms with Crippen molar-refractivity contribution < 1.29 is 29.9 Å². The summed E-state index contributed by atoms with van der Waals surface area (Å²) in [7, 11) is 0. The molecule has 0 bridgehead atoms. The third-order valence-electron chi connectivity index (χ3n) is 4.28. The van der Waals surface area contributed by atoms with Crippen LogP contribution in [0.25, 0.3) is 0 Å². The Hall–Kier alpha value is -1.48. The van der Waals surface area contributed by atoms with Crippen LogP contribution in [0.5, 0.6) is 5.75 Å². The summed E-state index contributed by atoms with van der Waals surface area (Å²) < 4.78 is 11.1. The standard InChI is InChI=1S/C18H22O6S/c1-10-2-4-11(5-3-10)8-14-12(6-7-25-14)23-18-17(22)16(21)15(20)13(9-19)24-18/h2-7,13,15-22H,8-9H2,1H3/t13-,15-,16+,17-,18-/m1/s1. The van der Waals surface area contributed by atoms with E-state index in [2.05, 4.69) is 0 Å².